The first-order chi connectivity index (χ1) is 20.1. The molecule has 0 fully saturated rings. The van der Waals surface area contributed by atoms with Crippen LogP contribution in [0.5, 0.6) is 0 Å². The predicted molar refractivity (Wildman–Crippen MR) is 179 cm³/mol. The van der Waals surface area contributed by atoms with Crippen LogP contribution in [0.1, 0.15) is 81.3 Å². The molecule has 0 amide bonds. The van der Waals surface area contributed by atoms with Crippen molar-refractivity contribution in [3.8, 4) is 11.1 Å². The first-order valence-corrected chi connectivity index (χ1v) is 19.2. The van der Waals surface area contributed by atoms with Crippen molar-refractivity contribution in [2.24, 2.45) is 0 Å². The van der Waals surface area contributed by atoms with Gasteiger partial charge in [-0.3, -0.25) is 0 Å². The summed E-state index contributed by atoms with van der Waals surface area (Å²) in [5, 5.41) is 0. The summed E-state index contributed by atoms with van der Waals surface area (Å²) >= 11 is -2.58. The quantitative estimate of drug-likeness (QED) is 0.255. The summed E-state index contributed by atoms with van der Waals surface area (Å²) in [6.45, 7) is 14.3. The van der Waals surface area contributed by atoms with Gasteiger partial charge in [0, 0.05) is 0 Å². The van der Waals surface area contributed by atoms with E-state index in [4.69, 9.17) is 0 Å². The summed E-state index contributed by atoms with van der Waals surface area (Å²) in [7, 11) is 0. The molecule has 4 aromatic carbocycles. The molecule has 2 aliphatic carbocycles. The minimum Gasteiger partial charge on any atom is -1.00 e. The van der Waals surface area contributed by atoms with Crippen LogP contribution in [0.3, 0.4) is 0 Å². The first-order valence-electron chi connectivity index (χ1n) is 15.6. The van der Waals surface area contributed by atoms with E-state index in [2.05, 4.69) is 151 Å². The van der Waals surface area contributed by atoms with E-state index < -0.39 is 21.3 Å². The van der Waals surface area contributed by atoms with Crippen molar-refractivity contribution in [3.05, 3.63) is 146 Å². The number of halogens is 2. The Morgan fingerprint density at radius 2 is 1.27 bits per heavy atom. The van der Waals surface area contributed by atoms with E-state index in [9.17, 15) is 0 Å². The first kappa shape index (κ1) is 34.6. The minimum absolute atomic E-state index is 0. The van der Waals surface area contributed by atoms with Crippen molar-refractivity contribution in [1.82, 2.24) is 0 Å². The maximum atomic E-state index is 2.51. The van der Waals surface area contributed by atoms with Crippen LogP contribution in [-0.2, 0) is 51.4 Å². The Hall–Kier alpha value is -2.31. The summed E-state index contributed by atoms with van der Waals surface area (Å²) in [4.78, 5) is 0. The zero-order valence-electron chi connectivity index (χ0n) is 27.0. The standard InChI is InChI=1S/C21H25.C15H14.C5H5.2ClH.Zr/c1-20(2,3)16-7-9-18-14(12-16)11-15-13-17(21(4,5)6)8-10-19(15)18;1-3-8-14(9-4-1)12-7-13-15-10-5-2-6-11-15;1-2-4-5-3-1;;;/h7-10,12H,11H2,1-6H3;1-6,8-11H,12-13H2;1-3H,4H2;2*1H;/q;;;;;+2/p-2. The van der Waals surface area contributed by atoms with Gasteiger partial charge in [0.05, 0.1) is 0 Å². The third kappa shape index (κ3) is 7.22. The van der Waals surface area contributed by atoms with E-state index in [1.807, 2.05) is 0 Å². The van der Waals surface area contributed by atoms with Crippen LogP contribution in [-0.4, -0.2) is 3.21 Å². The molecule has 226 valence electrons. The van der Waals surface area contributed by atoms with Crippen molar-refractivity contribution in [1.29, 1.82) is 0 Å². The van der Waals surface area contributed by atoms with Gasteiger partial charge in [-0.25, -0.2) is 0 Å². The minimum atomic E-state index is -2.58. The van der Waals surface area contributed by atoms with E-state index in [-0.39, 0.29) is 35.6 Å². The molecule has 0 N–H and O–H groups in total. The fraction of sp³-hybridized carbons (Fsp3) is 0.293. The maximum Gasteiger partial charge on any atom is -1.00 e. The van der Waals surface area contributed by atoms with Gasteiger partial charge in [-0.2, -0.15) is 0 Å². The van der Waals surface area contributed by atoms with Crippen LogP contribution in [0.25, 0.3) is 11.1 Å². The van der Waals surface area contributed by atoms with E-state index in [1.165, 1.54) is 33.4 Å². The molecule has 0 aliphatic heterocycles. The monoisotopic (exact) mass is 696 g/mol. The molecule has 0 heterocycles. The summed E-state index contributed by atoms with van der Waals surface area (Å²) in [5.41, 5.74) is 12.2. The molecule has 0 radical (unpaired) electrons. The Morgan fingerprint density at radius 1 is 0.682 bits per heavy atom. The molecular weight excluding hydrogens is 655 g/mol. The predicted octanol–water partition coefficient (Wildman–Crippen LogP) is 3.61. The molecule has 4 aromatic rings. The Kier molecular flexibility index (Phi) is 11.0. The van der Waals surface area contributed by atoms with Crippen LogP contribution < -0.4 is 28.1 Å². The van der Waals surface area contributed by atoms with E-state index in [0.29, 0.717) is 0 Å². The fourth-order valence-corrected chi connectivity index (χ4v) is 15.9. The van der Waals surface area contributed by atoms with Gasteiger partial charge in [0.1, 0.15) is 0 Å². The van der Waals surface area contributed by atoms with Crippen molar-refractivity contribution in [3.63, 3.8) is 0 Å². The molecule has 0 aromatic heterocycles. The van der Waals surface area contributed by atoms with E-state index >= 15 is 0 Å². The molecule has 3 heteroatoms. The number of rotatable bonds is 6. The summed E-state index contributed by atoms with van der Waals surface area (Å²) in [5.74, 6) is 0. The van der Waals surface area contributed by atoms with Crippen LogP contribution in [0.4, 0.5) is 0 Å². The van der Waals surface area contributed by atoms with Gasteiger partial charge in [0.15, 0.2) is 0 Å². The van der Waals surface area contributed by atoms with Gasteiger partial charge < -0.3 is 24.8 Å². The molecule has 0 saturated carbocycles. The number of fused-ring (bicyclic) bond motifs is 3. The Morgan fingerprint density at radius 3 is 1.80 bits per heavy atom. The summed E-state index contributed by atoms with van der Waals surface area (Å²) in [6, 6.07) is 34.7. The molecule has 0 atom stereocenters. The van der Waals surface area contributed by atoms with Crippen LogP contribution >= 0.6 is 0 Å². The zero-order chi connectivity index (χ0) is 29.5. The second kappa shape index (κ2) is 14.0. The topological polar surface area (TPSA) is 0 Å². The Bertz CT molecular complexity index is 1670. The summed E-state index contributed by atoms with van der Waals surface area (Å²) in [6.07, 6.45) is 11.5. The van der Waals surface area contributed by atoms with Crippen molar-refractivity contribution >= 4 is 6.48 Å². The third-order valence-electron chi connectivity index (χ3n) is 8.97. The molecule has 0 spiro atoms. The van der Waals surface area contributed by atoms with Gasteiger partial charge >= 0.3 is 263 Å². The van der Waals surface area contributed by atoms with Crippen molar-refractivity contribution < 1.29 is 46.1 Å². The van der Waals surface area contributed by atoms with Crippen LogP contribution in [0.15, 0.2) is 113 Å². The van der Waals surface area contributed by atoms with Gasteiger partial charge in [-0.1, -0.05) is 0 Å². The van der Waals surface area contributed by atoms with Crippen LogP contribution in [0.2, 0.25) is 0 Å². The molecule has 0 nitrogen and oxygen atoms in total. The average molecular weight is 699 g/mol. The Labute approximate surface area is 285 Å². The average Bonchev–Trinajstić information content (AvgIpc) is 3.61. The fourth-order valence-electron chi connectivity index (χ4n) is 6.77. The zero-order valence-corrected chi connectivity index (χ0v) is 30.9. The molecular formula is C41H44Cl2Zr. The largest absolute Gasteiger partial charge is 1.00 e. The smallest absolute Gasteiger partial charge is 1.00 e. The van der Waals surface area contributed by atoms with Gasteiger partial charge in [0.25, 0.3) is 0 Å². The van der Waals surface area contributed by atoms with Crippen molar-refractivity contribution in [2.45, 2.75) is 78.1 Å². The van der Waals surface area contributed by atoms with Gasteiger partial charge in [-0.05, 0) is 0 Å². The Balaban J connectivity index is 0.00000221. The number of allylic oxidation sites excluding steroid dienone is 4. The maximum absolute atomic E-state index is 2.58. The number of benzene rings is 4. The van der Waals surface area contributed by atoms with Gasteiger partial charge in [-0.15, -0.1) is 0 Å². The molecule has 0 unspecified atom stereocenters. The van der Waals surface area contributed by atoms with Crippen LogP contribution in [0, 0.1) is 0 Å². The normalized spacial score (nSPS) is 13.2. The molecule has 0 bridgehead atoms. The number of hydrogen-bond donors (Lipinski definition) is 0. The second-order valence-electron chi connectivity index (χ2n) is 14.2. The molecule has 44 heavy (non-hydrogen) atoms. The molecule has 6 rings (SSSR count). The molecule has 0 saturated heterocycles. The second-order valence-corrected chi connectivity index (χ2v) is 20.6. The molecule has 2 aliphatic rings. The SMILES string of the molecule is CC(C)(C)c1ccc2c(c1)Cc1c-2ccc(C(C)(C)C)[c]1[Zr+2]([C]1=CC=CC1)=[C](Cc1ccccc1)Cc1ccccc1.[Cl-].[Cl-]. The van der Waals surface area contributed by atoms with Gasteiger partial charge in [0.2, 0.25) is 0 Å². The van der Waals surface area contributed by atoms with E-state index in [1.54, 1.807) is 20.9 Å². The van der Waals surface area contributed by atoms with Crippen molar-refractivity contribution in [2.75, 3.05) is 0 Å². The summed E-state index contributed by atoms with van der Waals surface area (Å²) < 4.78 is 5.27. The van der Waals surface area contributed by atoms with E-state index in [0.717, 1.165) is 25.7 Å². The third-order valence-corrected chi connectivity index (χ3v) is 16.7. The number of hydrogen-bond acceptors (Lipinski definition) is 0.